The number of benzene rings is 2. The van der Waals surface area contributed by atoms with Crippen LogP contribution in [0.4, 0.5) is 13.2 Å². The second-order valence-electron chi connectivity index (χ2n) is 6.33. The van der Waals surface area contributed by atoms with Crippen LogP contribution in [0.25, 0.3) is 0 Å². The summed E-state index contributed by atoms with van der Waals surface area (Å²) in [4.78, 5) is 14.4. The number of nitrogens with zero attached hydrogens (tertiary/aromatic N) is 1. The third-order valence-corrected chi connectivity index (χ3v) is 4.61. The molecule has 1 heterocycles. The number of para-hydroxylation sites is 2. The molecule has 1 amide bonds. The Morgan fingerprint density at radius 3 is 2.48 bits per heavy atom. The molecule has 0 aromatic heterocycles. The molecular weight excluding hydrogens is 409 g/mol. The Bertz CT molecular complexity index is 833. The highest BCUT2D eigenvalue weighted by molar-refractivity contribution is 5.85. The van der Waals surface area contributed by atoms with Crippen LogP contribution in [0.1, 0.15) is 17.2 Å². The molecule has 1 atom stereocenters. The van der Waals surface area contributed by atoms with Gasteiger partial charge in [-0.15, -0.1) is 12.4 Å². The van der Waals surface area contributed by atoms with Gasteiger partial charge in [0.05, 0.1) is 18.7 Å². The number of alkyl halides is 3. The number of hydrogen-bond donors (Lipinski definition) is 1. The molecular formula is C20H22ClF3N2O3. The highest BCUT2D eigenvalue weighted by atomic mass is 35.5. The summed E-state index contributed by atoms with van der Waals surface area (Å²) in [6, 6.07) is 11.9. The maximum Gasteiger partial charge on any atom is 0.419 e. The molecule has 0 spiro atoms. The highest BCUT2D eigenvalue weighted by Crippen LogP contribution is 2.36. The zero-order valence-corrected chi connectivity index (χ0v) is 16.6. The lowest BCUT2D eigenvalue weighted by Gasteiger charge is -2.37. The van der Waals surface area contributed by atoms with Gasteiger partial charge in [-0.25, -0.2) is 0 Å². The molecule has 2 aromatic carbocycles. The Labute approximate surface area is 173 Å². The van der Waals surface area contributed by atoms with Gasteiger partial charge in [0.15, 0.2) is 6.61 Å². The molecule has 5 nitrogen and oxygen atoms in total. The number of halogens is 4. The van der Waals surface area contributed by atoms with Crippen molar-refractivity contribution in [2.24, 2.45) is 0 Å². The van der Waals surface area contributed by atoms with Gasteiger partial charge in [0.2, 0.25) is 0 Å². The van der Waals surface area contributed by atoms with Gasteiger partial charge in [-0.05, 0) is 18.2 Å². The number of nitrogens with one attached hydrogen (secondary N) is 1. The highest BCUT2D eigenvalue weighted by Gasteiger charge is 2.35. The van der Waals surface area contributed by atoms with Crippen molar-refractivity contribution >= 4 is 18.3 Å². The van der Waals surface area contributed by atoms with Crippen molar-refractivity contribution in [3.05, 3.63) is 59.7 Å². The lowest BCUT2D eigenvalue weighted by Crippen LogP contribution is -2.50. The second-order valence-corrected chi connectivity index (χ2v) is 6.33. The number of rotatable bonds is 5. The van der Waals surface area contributed by atoms with Gasteiger partial charge in [0, 0.05) is 25.2 Å². The molecule has 3 rings (SSSR count). The topological polar surface area (TPSA) is 50.8 Å². The first kappa shape index (κ1) is 22.8. The molecule has 0 aliphatic carbocycles. The largest absolute Gasteiger partial charge is 0.496 e. The van der Waals surface area contributed by atoms with Crippen molar-refractivity contribution in [1.29, 1.82) is 0 Å². The van der Waals surface area contributed by atoms with Crippen LogP contribution in [0.15, 0.2) is 48.5 Å². The molecule has 2 aromatic rings. The molecule has 158 valence electrons. The average molecular weight is 431 g/mol. The Kier molecular flexibility index (Phi) is 7.75. The van der Waals surface area contributed by atoms with Crippen LogP contribution in [0.2, 0.25) is 0 Å². The van der Waals surface area contributed by atoms with Crippen LogP contribution in [0.5, 0.6) is 11.5 Å². The predicted molar refractivity (Wildman–Crippen MR) is 105 cm³/mol. The van der Waals surface area contributed by atoms with Crippen LogP contribution in [0, 0.1) is 0 Å². The zero-order chi connectivity index (χ0) is 20.1. The van der Waals surface area contributed by atoms with Gasteiger partial charge in [-0.3, -0.25) is 4.79 Å². The fraction of sp³-hybridized carbons (Fsp3) is 0.350. The Morgan fingerprint density at radius 1 is 1.14 bits per heavy atom. The molecule has 0 bridgehead atoms. The molecule has 0 radical (unpaired) electrons. The first-order chi connectivity index (χ1) is 13.4. The maximum absolute atomic E-state index is 13.1. The first-order valence-corrected chi connectivity index (χ1v) is 8.84. The molecule has 0 saturated carbocycles. The normalized spacial score (nSPS) is 16.7. The van der Waals surface area contributed by atoms with Gasteiger partial charge in [0.1, 0.15) is 11.5 Å². The molecule has 9 heteroatoms. The van der Waals surface area contributed by atoms with E-state index in [4.69, 9.17) is 9.47 Å². The lowest BCUT2D eigenvalue weighted by molar-refractivity contribution is -0.142. The molecule has 1 aliphatic rings. The van der Waals surface area contributed by atoms with E-state index >= 15 is 0 Å². The fourth-order valence-electron chi connectivity index (χ4n) is 3.27. The van der Waals surface area contributed by atoms with Gasteiger partial charge < -0.3 is 19.7 Å². The quantitative estimate of drug-likeness (QED) is 0.786. The third kappa shape index (κ3) is 5.33. The van der Waals surface area contributed by atoms with Gasteiger partial charge in [0.25, 0.3) is 5.91 Å². The van der Waals surface area contributed by atoms with Crippen molar-refractivity contribution < 1.29 is 27.4 Å². The Balaban J connectivity index is 0.00000300. The van der Waals surface area contributed by atoms with E-state index < -0.39 is 18.3 Å². The molecule has 29 heavy (non-hydrogen) atoms. The molecule has 1 fully saturated rings. The standard InChI is InChI=1S/C20H21F3N2O3.ClH/c1-27-17-8-4-2-6-14(17)16-12-24-10-11-25(16)19(26)13-28-18-9-5-3-7-15(18)20(21,22)23;/h2-9,16,24H,10-13H2,1H3;1H. The number of hydrogen-bond acceptors (Lipinski definition) is 4. The van der Waals surface area contributed by atoms with Crippen molar-refractivity contribution in [2.75, 3.05) is 33.4 Å². The molecule has 1 aliphatic heterocycles. The zero-order valence-electron chi connectivity index (χ0n) is 15.7. The minimum atomic E-state index is -4.55. The number of piperazine rings is 1. The summed E-state index contributed by atoms with van der Waals surface area (Å²) in [5, 5.41) is 3.23. The summed E-state index contributed by atoms with van der Waals surface area (Å²) in [6.07, 6.45) is -4.55. The van der Waals surface area contributed by atoms with Crippen LogP contribution in [-0.4, -0.2) is 44.2 Å². The van der Waals surface area contributed by atoms with E-state index in [2.05, 4.69) is 5.32 Å². The fourth-order valence-corrected chi connectivity index (χ4v) is 3.27. The van der Waals surface area contributed by atoms with Crippen LogP contribution < -0.4 is 14.8 Å². The van der Waals surface area contributed by atoms with Gasteiger partial charge >= 0.3 is 6.18 Å². The molecule has 1 N–H and O–H groups in total. The first-order valence-electron chi connectivity index (χ1n) is 8.84. The van der Waals surface area contributed by atoms with E-state index in [0.717, 1.165) is 11.6 Å². The molecule has 1 unspecified atom stereocenters. The summed E-state index contributed by atoms with van der Waals surface area (Å²) in [7, 11) is 1.55. The van der Waals surface area contributed by atoms with Crippen LogP contribution in [0.3, 0.4) is 0 Å². The van der Waals surface area contributed by atoms with Crippen molar-refractivity contribution in [3.8, 4) is 11.5 Å². The van der Waals surface area contributed by atoms with Crippen molar-refractivity contribution in [2.45, 2.75) is 12.2 Å². The van der Waals surface area contributed by atoms with E-state index in [1.54, 1.807) is 12.0 Å². The van der Waals surface area contributed by atoms with E-state index in [9.17, 15) is 18.0 Å². The second kappa shape index (κ2) is 9.84. The number of methoxy groups -OCH3 is 1. The average Bonchev–Trinajstić information content (AvgIpc) is 2.71. The SMILES string of the molecule is COc1ccccc1C1CNCCN1C(=O)COc1ccccc1C(F)(F)F.Cl. The number of carbonyl (C=O) groups excluding carboxylic acids is 1. The summed E-state index contributed by atoms with van der Waals surface area (Å²) in [5.41, 5.74) is -0.0642. The number of carbonyl (C=O) groups is 1. The van der Waals surface area contributed by atoms with Crippen molar-refractivity contribution in [1.82, 2.24) is 10.2 Å². The Hall–Kier alpha value is -2.45. The van der Waals surface area contributed by atoms with Gasteiger partial charge in [-0.1, -0.05) is 30.3 Å². The number of amides is 1. The lowest BCUT2D eigenvalue weighted by atomic mass is 10.0. The van der Waals surface area contributed by atoms with Crippen LogP contribution >= 0.6 is 12.4 Å². The molecule has 1 saturated heterocycles. The summed E-state index contributed by atoms with van der Waals surface area (Å²) >= 11 is 0. The van der Waals surface area contributed by atoms with E-state index in [-0.39, 0.29) is 30.1 Å². The summed E-state index contributed by atoms with van der Waals surface area (Å²) in [6.45, 7) is 1.06. The van der Waals surface area contributed by atoms with Gasteiger partial charge in [-0.2, -0.15) is 13.2 Å². The van der Waals surface area contributed by atoms with Crippen molar-refractivity contribution in [3.63, 3.8) is 0 Å². The monoisotopic (exact) mass is 430 g/mol. The Morgan fingerprint density at radius 2 is 1.79 bits per heavy atom. The number of ether oxygens (including phenoxy) is 2. The summed E-state index contributed by atoms with van der Waals surface area (Å²) in [5.74, 6) is -0.0842. The maximum atomic E-state index is 13.1. The predicted octanol–water partition coefficient (Wildman–Crippen LogP) is 3.69. The van der Waals surface area contributed by atoms with E-state index in [1.165, 1.54) is 18.2 Å². The minimum absolute atomic E-state index is 0. The van der Waals surface area contributed by atoms with Crippen LogP contribution in [-0.2, 0) is 11.0 Å². The summed E-state index contributed by atoms with van der Waals surface area (Å²) < 4.78 is 49.9. The third-order valence-electron chi connectivity index (χ3n) is 4.61. The van der Waals surface area contributed by atoms with E-state index in [0.29, 0.717) is 25.4 Å². The smallest absolute Gasteiger partial charge is 0.419 e. The minimum Gasteiger partial charge on any atom is -0.496 e. The van der Waals surface area contributed by atoms with E-state index in [1.807, 2.05) is 24.3 Å².